The zero-order chi connectivity index (χ0) is 18.2. The molecule has 0 bridgehead atoms. The summed E-state index contributed by atoms with van der Waals surface area (Å²) in [5.41, 5.74) is 1.61. The van der Waals surface area contributed by atoms with Gasteiger partial charge in [-0.25, -0.2) is 0 Å². The molecule has 2 unspecified atom stereocenters. The molecule has 2 saturated heterocycles. The maximum atomic E-state index is 13.1. The summed E-state index contributed by atoms with van der Waals surface area (Å²) in [5, 5.41) is 4.56. The highest BCUT2D eigenvalue weighted by Crippen LogP contribution is 2.28. The molecule has 3 rings (SSSR count). The smallest absolute Gasteiger partial charge is 0.272 e. The molecule has 1 aromatic rings. The van der Waals surface area contributed by atoms with Gasteiger partial charge in [0.05, 0.1) is 18.9 Å². The molecule has 2 aliphatic rings. The molecule has 25 heavy (non-hydrogen) atoms. The van der Waals surface area contributed by atoms with Crippen LogP contribution in [0.25, 0.3) is 0 Å². The number of aryl methyl sites for hydroxylation is 1. The lowest BCUT2D eigenvalue weighted by atomic mass is 9.92. The molecule has 0 saturated carbocycles. The van der Waals surface area contributed by atoms with Crippen molar-refractivity contribution in [2.45, 2.75) is 45.6 Å². The zero-order valence-electron chi connectivity index (χ0n) is 16.3. The summed E-state index contributed by atoms with van der Waals surface area (Å²) >= 11 is 0. The van der Waals surface area contributed by atoms with Gasteiger partial charge in [0.1, 0.15) is 5.69 Å². The van der Waals surface area contributed by atoms with E-state index in [0.29, 0.717) is 17.7 Å². The van der Waals surface area contributed by atoms with Crippen LogP contribution in [-0.4, -0.2) is 70.9 Å². The van der Waals surface area contributed by atoms with Crippen molar-refractivity contribution in [3.63, 3.8) is 0 Å². The number of nitrogens with zero attached hydrogens (tertiary/aromatic N) is 4. The molecule has 2 atom stereocenters. The molecule has 0 radical (unpaired) electrons. The van der Waals surface area contributed by atoms with Gasteiger partial charge in [-0.3, -0.25) is 14.4 Å². The molecule has 0 aliphatic carbocycles. The van der Waals surface area contributed by atoms with Gasteiger partial charge >= 0.3 is 0 Å². The highest BCUT2D eigenvalue weighted by atomic mass is 16.5. The number of amides is 1. The summed E-state index contributed by atoms with van der Waals surface area (Å²) in [4.78, 5) is 17.7. The Balaban J connectivity index is 1.75. The number of likely N-dealkylation sites (tertiary alicyclic amines) is 1. The van der Waals surface area contributed by atoms with Gasteiger partial charge in [-0.05, 0) is 12.0 Å². The van der Waals surface area contributed by atoms with Crippen LogP contribution < -0.4 is 0 Å². The van der Waals surface area contributed by atoms with Gasteiger partial charge in [0.15, 0.2) is 0 Å². The number of hydrogen-bond donors (Lipinski definition) is 0. The number of carbonyl (C=O) groups is 1. The lowest BCUT2D eigenvalue weighted by molar-refractivity contribution is 0.0102. The zero-order valence-corrected chi connectivity index (χ0v) is 16.3. The topological polar surface area (TPSA) is 50.6 Å². The minimum absolute atomic E-state index is 0.0520. The number of carbonyl (C=O) groups excluding carboxylic acids is 1. The Bertz CT molecular complexity index is 613. The third-order valence-corrected chi connectivity index (χ3v) is 5.60. The molecule has 1 amide bonds. The minimum atomic E-state index is -0.0520. The Kier molecular flexibility index (Phi) is 5.21. The Morgan fingerprint density at radius 3 is 2.52 bits per heavy atom. The summed E-state index contributed by atoms with van der Waals surface area (Å²) in [5.74, 6) is 0.650. The van der Waals surface area contributed by atoms with Crippen LogP contribution in [0.15, 0.2) is 6.07 Å². The second-order valence-electron chi connectivity index (χ2n) is 8.38. The Hall–Kier alpha value is -1.40. The highest BCUT2D eigenvalue weighted by Gasteiger charge is 2.39. The Morgan fingerprint density at radius 1 is 1.28 bits per heavy atom. The summed E-state index contributed by atoms with van der Waals surface area (Å²) in [6.07, 6.45) is 1.10. The van der Waals surface area contributed by atoms with Gasteiger partial charge in [0.2, 0.25) is 0 Å². The fourth-order valence-corrected chi connectivity index (χ4v) is 3.94. The van der Waals surface area contributed by atoms with E-state index in [1.165, 1.54) is 0 Å². The van der Waals surface area contributed by atoms with E-state index in [2.05, 4.69) is 37.7 Å². The first-order valence-electron chi connectivity index (χ1n) is 9.47. The molecule has 140 valence electrons. The third kappa shape index (κ3) is 3.75. The minimum Gasteiger partial charge on any atom is -0.379 e. The first kappa shape index (κ1) is 18.4. The maximum Gasteiger partial charge on any atom is 0.272 e. The SMILES string of the molecule is CCC1CN(C(=O)c2cc(C(C)(C)C)nn2C)CC1N1CCOCC1. The average molecular weight is 348 g/mol. The van der Waals surface area contributed by atoms with Gasteiger partial charge in [-0.1, -0.05) is 34.1 Å². The van der Waals surface area contributed by atoms with Gasteiger partial charge in [0.25, 0.3) is 5.91 Å². The number of rotatable bonds is 3. The maximum absolute atomic E-state index is 13.1. The lowest BCUT2D eigenvalue weighted by Crippen LogP contribution is -2.47. The van der Waals surface area contributed by atoms with Crippen molar-refractivity contribution < 1.29 is 9.53 Å². The van der Waals surface area contributed by atoms with Crippen LogP contribution in [0.4, 0.5) is 0 Å². The van der Waals surface area contributed by atoms with Gasteiger partial charge < -0.3 is 9.64 Å². The molecule has 0 N–H and O–H groups in total. The van der Waals surface area contributed by atoms with E-state index in [0.717, 1.165) is 51.5 Å². The number of ether oxygens (including phenoxy) is 1. The molecule has 1 aromatic heterocycles. The fraction of sp³-hybridized carbons (Fsp3) is 0.789. The first-order valence-corrected chi connectivity index (χ1v) is 9.47. The van der Waals surface area contributed by atoms with Gasteiger partial charge in [-0.15, -0.1) is 0 Å². The van der Waals surface area contributed by atoms with Gasteiger partial charge in [0, 0.05) is 44.7 Å². The molecule has 2 aliphatic heterocycles. The van der Waals surface area contributed by atoms with Crippen molar-refractivity contribution in [1.82, 2.24) is 19.6 Å². The molecule has 6 heteroatoms. The third-order valence-electron chi connectivity index (χ3n) is 5.60. The second-order valence-corrected chi connectivity index (χ2v) is 8.38. The van der Waals surface area contributed by atoms with Crippen LogP contribution in [0.3, 0.4) is 0 Å². The van der Waals surface area contributed by atoms with E-state index >= 15 is 0 Å². The van der Waals surface area contributed by atoms with Crippen molar-refractivity contribution in [2.24, 2.45) is 13.0 Å². The molecular formula is C19H32N4O2. The van der Waals surface area contributed by atoms with E-state index in [1.807, 2.05) is 18.0 Å². The Labute approximate surface area is 151 Å². The van der Waals surface area contributed by atoms with E-state index in [-0.39, 0.29) is 11.3 Å². The monoisotopic (exact) mass is 348 g/mol. The van der Waals surface area contributed by atoms with E-state index < -0.39 is 0 Å². The summed E-state index contributed by atoms with van der Waals surface area (Å²) in [6, 6.07) is 2.42. The highest BCUT2D eigenvalue weighted by molar-refractivity contribution is 5.93. The van der Waals surface area contributed by atoms with Crippen LogP contribution in [0.1, 0.15) is 50.3 Å². The predicted octanol–water partition coefficient (Wildman–Crippen LogP) is 1.90. The van der Waals surface area contributed by atoms with Crippen molar-refractivity contribution >= 4 is 5.91 Å². The number of hydrogen-bond acceptors (Lipinski definition) is 4. The van der Waals surface area contributed by atoms with Gasteiger partial charge in [-0.2, -0.15) is 5.10 Å². The van der Waals surface area contributed by atoms with Crippen LogP contribution in [0.2, 0.25) is 0 Å². The molecular weight excluding hydrogens is 316 g/mol. The van der Waals surface area contributed by atoms with Crippen molar-refractivity contribution in [2.75, 3.05) is 39.4 Å². The summed E-state index contributed by atoms with van der Waals surface area (Å²) in [6.45, 7) is 13.8. The van der Waals surface area contributed by atoms with Crippen LogP contribution in [0, 0.1) is 5.92 Å². The Morgan fingerprint density at radius 2 is 1.96 bits per heavy atom. The van der Waals surface area contributed by atoms with Crippen molar-refractivity contribution in [3.05, 3.63) is 17.5 Å². The van der Waals surface area contributed by atoms with Crippen LogP contribution in [0.5, 0.6) is 0 Å². The van der Waals surface area contributed by atoms with Crippen molar-refractivity contribution in [3.8, 4) is 0 Å². The van der Waals surface area contributed by atoms with E-state index in [9.17, 15) is 4.79 Å². The summed E-state index contributed by atoms with van der Waals surface area (Å²) < 4.78 is 7.23. The second kappa shape index (κ2) is 7.08. The normalized spacial score (nSPS) is 25.6. The fourth-order valence-electron chi connectivity index (χ4n) is 3.94. The average Bonchev–Trinajstić information content (AvgIpc) is 3.18. The summed E-state index contributed by atoms with van der Waals surface area (Å²) in [7, 11) is 1.87. The number of morpholine rings is 1. The van der Waals surface area contributed by atoms with E-state index in [1.54, 1.807) is 4.68 Å². The van der Waals surface area contributed by atoms with Crippen LogP contribution in [-0.2, 0) is 17.2 Å². The molecule has 3 heterocycles. The lowest BCUT2D eigenvalue weighted by Gasteiger charge is -2.34. The standard InChI is InChI=1S/C19H32N4O2/c1-6-14-12-23(13-16(14)22-7-9-25-10-8-22)18(24)15-11-17(19(2,3)4)20-21(15)5/h11,14,16H,6-10,12-13H2,1-5H3. The molecule has 2 fully saturated rings. The largest absolute Gasteiger partial charge is 0.379 e. The number of aromatic nitrogens is 2. The predicted molar refractivity (Wildman–Crippen MR) is 97.8 cm³/mol. The van der Waals surface area contributed by atoms with Crippen molar-refractivity contribution in [1.29, 1.82) is 0 Å². The first-order chi connectivity index (χ1) is 11.8. The molecule has 0 aromatic carbocycles. The van der Waals surface area contributed by atoms with E-state index in [4.69, 9.17) is 4.74 Å². The quantitative estimate of drug-likeness (QED) is 0.837. The molecule has 0 spiro atoms. The van der Waals surface area contributed by atoms with Crippen LogP contribution >= 0.6 is 0 Å². The molecule has 6 nitrogen and oxygen atoms in total.